The maximum Gasteiger partial charge on any atom is 0.309 e. The predicted molar refractivity (Wildman–Crippen MR) is 147 cm³/mol. The lowest BCUT2D eigenvalue weighted by molar-refractivity contribution is -0.151. The Morgan fingerprint density at radius 1 is 0.576 bits per heavy atom. The van der Waals surface area contributed by atoms with Crippen LogP contribution in [0, 0.1) is 11.3 Å². The molecule has 0 rings (SSSR count). The van der Waals surface area contributed by atoms with Gasteiger partial charge in [0.15, 0.2) is 0 Å². The van der Waals surface area contributed by atoms with Crippen LogP contribution in [0.2, 0.25) is 0 Å². The summed E-state index contributed by atoms with van der Waals surface area (Å²) in [5.74, 6) is 0.00913. The average Bonchev–Trinajstić information content (AvgIpc) is 2.80. The minimum absolute atomic E-state index is 0.476. The van der Waals surface area contributed by atoms with Crippen molar-refractivity contribution in [3.8, 4) is 0 Å². The molecule has 0 aliphatic rings. The number of carbonyl (C=O) groups is 1. The molecule has 0 fully saturated rings. The van der Waals surface area contributed by atoms with Crippen LogP contribution < -0.4 is 0 Å². The van der Waals surface area contributed by atoms with Crippen molar-refractivity contribution in [1.29, 1.82) is 0 Å². The fourth-order valence-electron chi connectivity index (χ4n) is 5.49. The summed E-state index contributed by atoms with van der Waals surface area (Å²) in [4.78, 5) is 12.4. The van der Waals surface area contributed by atoms with Crippen molar-refractivity contribution in [2.45, 2.75) is 182 Å². The zero-order valence-electron chi connectivity index (χ0n) is 23.4. The number of hydrogen-bond donors (Lipinski definition) is 1. The van der Waals surface area contributed by atoms with E-state index in [0.717, 1.165) is 38.5 Å². The van der Waals surface area contributed by atoms with Crippen LogP contribution in [0.4, 0.5) is 0 Å². The van der Waals surface area contributed by atoms with Gasteiger partial charge in [-0.25, -0.2) is 0 Å². The molecule has 0 saturated carbocycles. The van der Waals surface area contributed by atoms with E-state index in [1.54, 1.807) is 0 Å². The third-order valence-electron chi connectivity index (χ3n) is 7.76. The van der Waals surface area contributed by atoms with E-state index in [2.05, 4.69) is 27.7 Å². The van der Waals surface area contributed by atoms with Gasteiger partial charge in [-0.2, -0.15) is 0 Å². The van der Waals surface area contributed by atoms with E-state index in [9.17, 15) is 9.90 Å². The molecule has 2 unspecified atom stereocenters. The van der Waals surface area contributed by atoms with Gasteiger partial charge in [0.1, 0.15) is 0 Å². The summed E-state index contributed by atoms with van der Waals surface area (Å²) in [6.45, 7) is 9.04. The first-order valence-electron chi connectivity index (χ1n) is 15.3. The molecule has 0 spiro atoms. The van der Waals surface area contributed by atoms with Crippen molar-refractivity contribution in [3.63, 3.8) is 0 Å². The summed E-state index contributed by atoms with van der Waals surface area (Å²) in [5.41, 5.74) is -0.476. The molecule has 1 N–H and O–H groups in total. The summed E-state index contributed by atoms with van der Waals surface area (Å²) in [7, 11) is 0. The Kier molecular flexibility index (Phi) is 22.9. The van der Waals surface area contributed by atoms with Crippen LogP contribution in [0.3, 0.4) is 0 Å². The second-order valence-corrected chi connectivity index (χ2v) is 11.2. The minimum Gasteiger partial charge on any atom is -0.481 e. The molecular formula is C31H62O2. The first-order chi connectivity index (χ1) is 16.0. The Hall–Kier alpha value is -0.530. The fourth-order valence-corrected chi connectivity index (χ4v) is 5.49. The molecule has 0 heterocycles. The Morgan fingerprint density at radius 3 is 1.36 bits per heavy atom. The van der Waals surface area contributed by atoms with Crippen molar-refractivity contribution in [1.82, 2.24) is 0 Å². The number of carboxylic acids is 1. The van der Waals surface area contributed by atoms with Gasteiger partial charge in [0.05, 0.1) is 5.41 Å². The smallest absolute Gasteiger partial charge is 0.309 e. The van der Waals surface area contributed by atoms with Crippen LogP contribution in [-0.2, 0) is 4.79 Å². The molecule has 0 aromatic carbocycles. The largest absolute Gasteiger partial charge is 0.481 e. The van der Waals surface area contributed by atoms with Gasteiger partial charge in [-0.15, -0.1) is 0 Å². The van der Waals surface area contributed by atoms with E-state index < -0.39 is 11.4 Å². The van der Waals surface area contributed by atoms with E-state index in [4.69, 9.17) is 0 Å². The highest BCUT2D eigenvalue weighted by Gasteiger charge is 2.38. The summed E-state index contributed by atoms with van der Waals surface area (Å²) in [5, 5.41) is 10.2. The average molecular weight is 467 g/mol. The first kappa shape index (κ1) is 32.5. The lowest BCUT2D eigenvalue weighted by Gasteiger charge is -2.32. The lowest BCUT2D eigenvalue weighted by atomic mass is 9.71. The monoisotopic (exact) mass is 466 g/mol. The molecule has 0 bridgehead atoms. The zero-order chi connectivity index (χ0) is 24.6. The molecule has 0 aliphatic carbocycles. The molecule has 33 heavy (non-hydrogen) atoms. The molecule has 0 radical (unpaired) electrons. The van der Waals surface area contributed by atoms with Gasteiger partial charge >= 0.3 is 5.97 Å². The quantitative estimate of drug-likeness (QED) is 0.129. The van der Waals surface area contributed by atoms with Crippen LogP contribution in [0.15, 0.2) is 0 Å². The van der Waals surface area contributed by atoms with Crippen molar-refractivity contribution in [2.24, 2.45) is 11.3 Å². The molecular weight excluding hydrogens is 404 g/mol. The summed E-state index contributed by atoms with van der Waals surface area (Å²) in [6.07, 6.45) is 30.0. The molecule has 0 amide bonds. The zero-order valence-corrected chi connectivity index (χ0v) is 23.4. The third kappa shape index (κ3) is 18.5. The van der Waals surface area contributed by atoms with Gasteiger partial charge in [-0.3, -0.25) is 4.79 Å². The van der Waals surface area contributed by atoms with Crippen LogP contribution in [-0.4, -0.2) is 11.1 Å². The first-order valence-corrected chi connectivity index (χ1v) is 15.3. The van der Waals surface area contributed by atoms with Crippen LogP contribution in [0.1, 0.15) is 182 Å². The number of carboxylic acid groups (broad SMARTS) is 1. The fraction of sp³-hybridized carbons (Fsp3) is 0.968. The van der Waals surface area contributed by atoms with E-state index in [0.29, 0.717) is 5.92 Å². The highest BCUT2D eigenvalue weighted by Crippen LogP contribution is 2.39. The van der Waals surface area contributed by atoms with Crippen LogP contribution >= 0.6 is 0 Å². The van der Waals surface area contributed by atoms with Crippen LogP contribution in [0.25, 0.3) is 0 Å². The van der Waals surface area contributed by atoms with Gasteiger partial charge < -0.3 is 5.11 Å². The van der Waals surface area contributed by atoms with Gasteiger partial charge in [0.25, 0.3) is 0 Å². The molecule has 0 saturated heterocycles. The van der Waals surface area contributed by atoms with E-state index in [1.165, 1.54) is 116 Å². The van der Waals surface area contributed by atoms with Gasteiger partial charge in [-0.1, -0.05) is 163 Å². The Balaban J connectivity index is 4.24. The highest BCUT2D eigenvalue weighted by atomic mass is 16.4. The van der Waals surface area contributed by atoms with Crippen molar-refractivity contribution in [3.05, 3.63) is 0 Å². The molecule has 198 valence electrons. The van der Waals surface area contributed by atoms with Crippen LogP contribution in [0.5, 0.6) is 0 Å². The van der Waals surface area contributed by atoms with E-state index >= 15 is 0 Å². The topological polar surface area (TPSA) is 37.3 Å². The Bertz CT molecular complexity index is 419. The Morgan fingerprint density at radius 2 is 0.939 bits per heavy atom. The maximum atomic E-state index is 12.4. The molecule has 2 atom stereocenters. The number of unbranched alkanes of at least 4 members (excludes halogenated alkanes) is 17. The second-order valence-electron chi connectivity index (χ2n) is 11.2. The summed E-state index contributed by atoms with van der Waals surface area (Å²) < 4.78 is 0. The molecule has 2 heteroatoms. The highest BCUT2D eigenvalue weighted by molar-refractivity contribution is 5.74. The number of rotatable bonds is 26. The predicted octanol–water partition coefficient (Wildman–Crippen LogP) is 11.1. The number of aliphatic carboxylic acids is 1. The molecule has 0 aliphatic heterocycles. The third-order valence-corrected chi connectivity index (χ3v) is 7.76. The van der Waals surface area contributed by atoms with Gasteiger partial charge in [0.2, 0.25) is 0 Å². The SMILES string of the molecule is CCCCCCCCCCCCC(C)CC(CCCC)(CCCCCCCCCC)C(=O)O. The van der Waals surface area contributed by atoms with E-state index in [-0.39, 0.29) is 0 Å². The van der Waals surface area contributed by atoms with Crippen molar-refractivity contribution < 1.29 is 9.90 Å². The van der Waals surface area contributed by atoms with Gasteiger partial charge in [-0.05, 0) is 25.2 Å². The lowest BCUT2D eigenvalue weighted by Crippen LogP contribution is -2.33. The molecule has 0 aromatic heterocycles. The minimum atomic E-state index is -0.520. The standard InChI is InChI=1S/C31H62O2/c1-5-8-11-13-15-17-18-19-21-23-25-29(4)28-31(30(32)33,26-10-7-3)27-24-22-20-16-14-12-9-6-2/h29H,5-28H2,1-4H3,(H,32,33). The van der Waals surface area contributed by atoms with Crippen molar-refractivity contribution >= 4 is 5.97 Å². The molecule has 2 nitrogen and oxygen atoms in total. The normalized spacial score (nSPS) is 14.3. The maximum absolute atomic E-state index is 12.4. The summed E-state index contributed by atoms with van der Waals surface area (Å²) in [6, 6.07) is 0. The van der Waals surface area contributed by atoms with E-state index in [1.807, 2.05) is 0 Å². The van der Waals surface area contributed by atoms with Crippen molar-refractivity contribution in [2.75, 3.05) is 0 Å². The second kappa shape index (κ2) is 23.2. The summed E-state index contributed by atoms with van der Waals surface area (Å²) >= 11 is 0. The number of hydrogen-bond acceptors (Lipinski definition) is 1. The Labute approximate surface area is 209 Å². The van der Waals surface area contributed by atoms with Gasteiger partial charge in [0, 0.05) is 0 Å². The molecule has 0 aromatic rings.